The van der Waals surface area contributed by atoms with Crippen LogP contribution in [0.25, 0.3) is 0 Å². The number of nitrogens with zero attached hydrogens (tertiary/aromatic N) is 2. The second kappa shape index (κ2) is 4.23. The van der Waals surface area contributed by atoms with Crippen LogP contribution in [-0.4, -0.2) is 28.2 Å². The fourth-order valence-electron chi connectivity index (χ4n) is 1.42. The monoisotopic (exact) mass is 232 g/mol. The highest BCUT2D eigenvalue weighted by Crippen LogP contribution is 2.37. The Morgan fingerprint density at radius 1 is 0.938 bits per heavy atom. The highest BCUT2D eigenvalue weighted by molar-refractivity contribution is 5.62. The molecule has 1 aromatic carbocycles. The van der Waals surface area contributed by atoms with Gasteiger partial charge < -0.3 is 9.80 Å². The zero-order valence-corrected chi connectivity index (χ0v) is 9.76. The first-order valence-corrected chi connectivity index (χ1v) is 4.79. The van der Waals surface area contributed by atoms with Gasteiger partial charge in [-0.25, -0.2) is 0 Å². The van der Waals surface area contributed by atoms with Crippen molar-refractivity contribution in [1.29, 1.82) is 0 Å². The van der Waals surface area contributed by atoms with Gasteiger partial charge in [-0.1, -0.05) is 0 Å². The molecule has 0 N–H and O–H groups in total. The molecule has 0 fully saturated rings. The van der Waals surface area contributed by atoms with Crippen LogP contribution in [0.2, 0.25) is 0 Å². The van der Waals surface area contributed by atoms with Crippen molar-refractivity contribution in [3.8, 4) is 0 Å². The summed E-state index contributed by atoms with van der Waals surface area (Å²) in [7, 11) is 6.62. The van der Waals surface area contributed by atoms with Gasteiger partial charge in [-0.15, -0.1) is 0 Å². The minimum atomic E-state index is -4.33. The van der Waals surface area contributed by atoms with Gasteiger partial charge in [0, 0.05) is 39.6 Å². The number of benzene rings is 1. The second-order valence-electron chi connectivity index (χ2n) is 3.99. The summed E-state index contributed by atoms with van der Waals surface area (Å²) in [6.45, 7) is 0. The van der Waals surface area contributed by atoms with E-state index >= 15 is 0 Å². The molecule has 0 aliphatic rings. The van der Waals surface area contributed by atoms with E-state index in [4.69, 9.17) is 0 Å². The largest absolute Gasteiger partial charge is 0.418 e. The molecule has 0 radical (unpaired) electrons. The molecule has 2 nitrogen and oxygen atoms in total. The van der Waals surface area contributed by atoms with Crippen molar-refractivity contribution in [2.45, 2.75) is 6.18 Å². The Morgan fingerprint density at radius 2 is 1.50 bits per heavy atom. The maximum atomic E-state index is 12.8. The van der Waals surface area contributed by atoms with Crippen LogP contribution in [0.5, 0.6) is 0 Å². The lowest BCUT2D eigenvalue weighted by atomic mass is 10.1. The van der Waals surface area contributed by atoms with Gasteiger partial charge in [0.1, 0.15) is 0 Å². The highest BCUT2D eigenvalue weighted by atomic mass is 19.4. The molecule has 0 spiro atoms. The average molecular weight is 232 g/mol. The molecular formula is C11H15F3N2. The summed E-state index contributed by atoms with van der Waals surface area (Å²) in [6, 6.07) is 4.32. The summed E-state index contributed by atoms with van der Waals surface area (Å²) in [5, 5.41) is 0. The lowest BCUT2D eigenvalue weighted by Gasteiger charge is -2.22. The van der Waals surface area contributed by atoms with E-state index in [2.05, 4.69) is 0 Å². The van der Waals surface area contributed by atoms with E-state index < -0.39 is 11.7 Å². The van der Waals surface area contributed by atoms with Crippen molar-refractivity contribution < 1.29 is 13.2 Å². The van der Waals surface area contributed by atoms with Crippen LogP contribution >= 0.6 is 0 Å². The highest BCUT2D eigenvalue weighted by Gasteiger charge is 2.34. The van der Waals surface area contributed by atoms with Gasteiger partial charge in [-0.05, 0) is 18.2 Å². The Kier molecular flexibility index (Phi) is 3.35. The van der Waals surface area contributed by atoms with Gasteiger partial charge in [-0.2, -0.15) is 13.2 Å². The van der Waals surface area contributed by atoms with Crippen LogP contribution < -0.4 is 9.80 Å². The van der Waals surface area contributed by atoms with Crippen molar-refractivity contribution >= 4 is 11.4 Å². The smallest absolute Gasteiger partial charge is 0.378 e. The zero-order valence-electron chi connectivity index (χ0n) is 9.76. The molecule has 5 heteroatoms. The molecule has 0 aliphatic carbocycles. The summed E-state index contributed by atoms with van der Waals surface area (Å²) in [6.07, 6.45) is -4.33. The quantitative estimate of drug-likeness (QED) is 0.773. The number of hydrogen-bond acceptors (Lipinski definition) is 2. The molecule has 0 saturated heterocycles. The first-order valence-electron chi connectivity index (χ1n) is 4.79. The van der Waals surface area contributed by atoms with E-state index in [9.17, 15) is 13.2 Å². The Morgan fingerprint density at radius 3 is 1.88 bits per heavy atom. The first kappa shape index (κ1) is 12.7. The van der Waals surface area contributed by atoms with Crippen molar-refractivity contribution in [3.63, 3.8) is 0 Å². The molecule has 0 bridgehead atoms. The topological polar surface area (TPSA) is 6.48 Å². The third kappa shape index (κ3) is 2.59. The van der Waals surface area contributed by atoms with E-state index in [1.165, 1.54) is 11.0 Å². The molecule has 0 amide bonds. The van der Waals surface area contributed by atoms with Crippen LogP contribution in [0.15, 0.2) is 18.2 Å². The Labute approximate surface area is 93.3 Å². The Balaban J connectivity index is 3.33. The molecule has 0 heterocycles. The molecule has 0 aromatic heterocycles. The maximum Gasteiger partial charge on any atom is 0.418 e. The lowest BCUT2D eigenvalue weighted by Crippen LogP contribution is -2.18. The third-order valence-electron chi connectivity index (χ3n) is 2.28. The third-order valence-corrected chi connectivity index (χ3v) is 2.28. The minimum Gasteiger partial charge on any atom is -0.378 e. The van der Waals surface area contributed by atoms with Crippen LogP contribution in [0, 0.1) is 0 Å². The van der Waals surface area contributed by atoms with E-state index in [1.54, 1.807) is 39.2 Å². The van der Waals surface area contributed by atoms with E-state index in [0.29, 0.717) is 5.69 Å². The van der Waals surface area contributed by atoms with Crippen LogP contribution in [-0.2, 0) is 6.18 Å². The van der Waals surface area contributed by atoms with E-state index in [1.807, 2.05) is 0 Å². The predicted octanol–water partition coefficient (Wildman–Crippen LogP) is 2.84. The summed E-state index contributed by atoms with van der Waals surface area (Å²) < 4.78 is 38.4. The fraction of sp³-hybridized carbons (Fsp3) is 0.455. The Hall–Kier alpha value is -1.39. The van der Waals surface area contributed by atoms with Gasteiger partial charge >= 0.3 is 6.18 Å². The number of halogens is 3. The van der Waals surface area contributed by atoms with E-state index in [0.717, 1.165) is 6.07 Å². The van der Waals surface area contributed by atoms with Gasteiger partial charge in [0.05, 0.1) is 5.56 Å². The van der Waals surface area contributed by atoms with Gasteiger partial charge in [0.25, 0.3) is 0 Å². The van der Waals surface area contributed by atoms with E-state index in [-0.39, 0.29) is 5.69 Å². The molecule has 0 atom stereocenters. The summed E-state index contributed by atoms with van der Waals surface area (Å²) in [5.74, 6) is 0. The van der Waals surface area contributed by atoms with Crippen molar-refractivity contribution in [2.24, 2.45) is 0 Å². The lowest BCUT2D eigenvalue weighted by molar-refractivity contribution is -0.137. The summed E-state index contributed by atoms with van der Waals surface area (Å²) in [5.41, 5.74) is 0.111. The fourth-order valence-corrected chi connectivity index (χ4v) is 1.42. The summed E-state index contributed by atoms with van der Waals surface area (Å²) in [4.78, 5) is 3.11. The first-order chi connectivity index (χ1) is 7.23. The SMILES string of the molecule is CN(C)c1ccc(N(C)C)c(C(F)(F)F)c1. The van der Waals surface area contributed by atoms with Crippen LogP contribution in [0.1, 0.15) is 5.56 Å². The van der Waals surface area contributed by atoms with Crippen molar-refractivity contribution in [3.05, 3.63) is 23.8 Å². The number of rotatable bonds is 2. The van der Waals surface area contributed by atoms with Crippen LogP contribution in [0.4, 0.5) is 24.5 Å². The van der Waals surface area contributed by atoms with Gasteiger partial charge in [0.15, 0.2) is 0 Å². The molecule has 1 aromatic rings. The summed E-state index contributed by atoms with van der Waals surface area (Å²) >= 11 is 0. The molecule has 0 unspecified atom stereocenters. The molecule has 90 valence electrons. The molecule has 1 rings (SSSR count). The predicted molar refractivity (Wildman–Crippen MR) is 60.1 cm³/mol. The second-order valence-corrected chi connectivity index (χ2v) is 3.99. The maximum absolute atomic E-state index is 12.8. The Bertz CT molecular complexity index is 370. The van der Waals surface area contributed by atoms with Gasteiger partial charge in [0.2, 0.25) is 0 Å². The van der Waals surface area contributed by atoms with Crippen molar-refractivity contribution in [2.75, 3.05) is 38.0 Å². The number of alkyl halides is 3. The van der Waals surface area contributed by atoms with Crippen LogP contribution in [0.3, 0.4) is 0 Å². The minimum absolute atomic E-state index is 0.179. The average Bonchev–Trinajstić information content (AvgIpc) is 2.15. The molecule has 0 aliphatic heterocycles. The number of anilines is 2. The molecule has 16 heavy (non-hydrogen) atoms. The molecule has 0 saturated carbocycles. The normalized spacial score (nSPS) is 11.4. The zero-order chi connectivity index (χ0) is 12.5. The van der Waals surface area contributed by atoms with Gasteiger partial charge in [-0.3, -0.25) is 0 Å². The molecular weight excluding hydrogens is 217 g/mol. The van der Waals surface area contributed by atoms with Crippen molar-refractivity contribution in [1.82, 2.24) is 0 Å². The number of hydrogen-bond donors (Lipinski definition) is 0. The standard InChI is InChI=1S/C11H15F3N2/c1-15(2)8-5-6-10(16(3)4)9(7-8)11(12,13)14/h5-7H,1-4H3.